The fourth-order valence-electron chi connectivity index (χ4n) is 3.74. The predicted molar refractivity (Wildman–Crippen MR) is 97.4 cm³/mol. The van der Waals surface area contributed by atoms with E-state index in [-0.39, 0.29) is 11.9 Å². The highest BCUT2D eigenvalue weighted by Gasteiger charge is 2.30. The van der Waals surface area contributed by atoms with Crippen molar-refractivity contribution >= 4 is 16.8 Å². The molecule has 1 saturated heterocycles. The first-order valence-corrected chi connectivity index (χ1v) is 8.69. The van der Waals surface area contributed by atoms with Crippen LogP contribution in [0.4, 0.5) is 0 Å². The van der Waals surface area contributed by atoms with Crippen LogP contribution in [0.2, 0.25) is 0 Å². The minimum absolute atomic E-state index is 0.0202. The van der Waals surface area contributed by atoms with Gasteiger partial charge in [0.15, 0.2) is 0 Å². The molecule has 3 heterocycles. The van der Waals surface area contributed by atoms with Gasteiger partial charge in [0, 0.05) is 42.6 Å². The monoisotopic (exact) mass is 337 g/mol. The van der Waals surface area contributed by atoms with Crippen LogP contribution in [0.15, 0.2) is 42.7 Å². The molecule has 1 N–H and O–H groups in total. The summed E-state index contributed by atoms with van der Waals surface area (Å²) in [6, 6.07) is 10.3. The molecule has 5 heteroatoms. The number of morpholine rings is 1. The van der Waals surface area contributed by atoms with Crippen LogP contribution in [0, 0.1) is 6.92 Å². The molecule has 4 rings (SSSR count). The van der Waals surface area contributed by atoms with Gasteiger partial charge < -0.3 is 19.2 Å². The fraction of sp³-hybridized carbons (Fsp3) is 0.350. The summed E-state index contributed by atoms with van der Waals surface area (Å²) in [4.78, 5) is 18.3. The summed E-state index contributed by atoms with van der Waals surface area (Å²) >= 11 is 0. The quantitative estimate of drug-likeness (QED) is 0.799. The first kappa shape index (κ1) is 16.0. The number of hydrogen-bond acceptors (Lipinski definition) is 2. The summed E-state index contributed by atoms with van der Waals surface area (Å²) in [5.74, 6) is 0.150. The van der Waals surface area contributed by atoms with Crippen molar-refractivity contribution in [2.75, 3.05) is 19.8 Å². The molecule has 0 spiro atoms. The first-order chi connectivity index (χ1) is 12.1. The van der Waals surface area contributed by atoms with Gasteiger partial charge in [0.2, 0.25) is 5.91 Å². The van der Waals surface area contributed by atoms with Crippen molar-refractivity contribution in [1.82, 2.24) is 14.5 Å². The maximum absolute atomic E-state index is 13.1. The molecule has 1 amide bonds. The molecule has 1 atom stereocenters. The van der Waals surface area contributed by atoms with Crippen LogP contribution in [0.3, 0.4) is 0 Å². The highest BCUT2D eigenvalue weighted by atomic mass is 16.5. The molecule has 1 aromatic carbocycles. The van der Waals surface area contributed by atoms with Crippen LogP contribution >= 0.6 is 0 Å². The number of carbonyl (C=O) groups is 1. The number of fused-ring (bicyclic) bond motifs is 1. The molecule has 3 aromatic rings. The standard InChI is InChI=1S/C20H23N3O2/c1-14-5-3-6-16-15(12-21-20(14)16)11-19(24)23-9-10-25-13-18(23)17-7-4-8-22(17)2/h3-8,12,18,21H,9-11,13H2,1-2H3/t18-/m1/s1. The number of benzene rings is 1. The van der Waals surface area contributed by atoms with E-state index in [4.69, 9.17) is 4.74 Å². The molecule has 25 heavy (non-hydrogen) atoms. The van der Waals surface area contributed by atoms with E-state index in [1.165, 1.54) is 5.56 Å². The van der Waals surface area contributed by atoms with Gasteiger partial charge in [-0.05, 0) is 30.2 Å². The molecule has 0 aliphatic carbocycles. The number of aromatic amines is 1. The van der Waals surface area contributed by atoms with Gasteiger partial charge in [-0.2, -0.15) is 0 Å². The van der Waals surface area contributed by atoms with Crippen molar-refractivity contribution in [2.24, 2.45) is 7.05 Å². The second-order valence-corrected chi connectivity index (χ2v) is 6.71. The molecule has 1 fully saturated rings. The Bertz CT molecular complexity index is 909. The number of para-hydroxylation sites is 1. The molecule has 1 aliphatic heterocycles. The third kappa shape index (κ3) is 2.85. The zero-order valence-electron chi connectivity index (χ0n) is 14.7. The zero-order valence-corrected chi connectivity index (χ0v) is 14.7. The Balaban J connectivity index is 1.60. The second-order valence-electron chi connectivity index (χ2n) is 6.71. The van der Waals surface area contributed by atoms with E-state index in [9.17, 15) is 4.79 Å². The molecular weight excluding hydrogens is 314 g/mol. The van der Waals surface area contributed by atoms with E-state index in [1.807, 2.05) is 36.5 Å². The predicted octanol–water partition coefficient (Wildman–Crippen LogP) is 2.96. The van der Waals surface area contributed by atoms with Crippen LogP contribution in [-0.4, -0.2) is 40.1 Å². The van der Waals surface area contributed by atoms with Gasteiger partial charge in [0.1, 0.15) is 0 Å². The van der Waals surface area contributed by atoms with Crippen molar-refractivity contribution in [3.63, 3.8) is 0 Å². The minimum atomic E-state index is -0.0202. The molecule has 0 unspecified atom stereocenters. The Labute approximate surface area is 147 Å². The lowest BCUT2D eigenvalue weighted by Crippen LogP contribution is -2.44. The number of rotatable bonds is 3. The van der Waals surface area contributed by atoms with E-state index in [0.29, 0.717) is 26.2 Å². The normalized spacial score (nSPS) is 18.0. The van der Waals surface area contributed by atoms with E-state index in [2.05, 4.69) is 34.7 Å². The van der Waals surface area contributed by atoms with E-state index in [1.54, 1.807) is 0 Å². The van der Waals surface area contributed by atoms with Crippen LogP contribution in [0.25, 0.3) is 10.9 Å². The average Bonchev–Trinajstić information content (AvgIpc) is 3.22. The SMILES string of the molecule is Cc1cccc2c(CC(=O)N3CCOC[C@@H]3c3cccn3C)c[nH]c12. The average molecular weight is 337 g/mol. The van der Waals surface area contributed by atoms with Gasteiger partial charge in [-0.15, -0.1) is 0 Å². The van der Waals surface area contributed by atoms with E-state index < -0.39 is 0 Å². The summed E-state index contributed by atoms with van der Waals surface area (Å²) in [6.45, 7) is 3.87. The smallest absolute Gasteiger partial charge is 0.227 e. The molecule has 2 aromatic heterocycles. The summed E-state index contributed by atoms with van der Waals surface area (Å²) in [5, 5.41) is 1.14. The summed E-state index contributed by atoms with van der Waals surface area (Å²) in [7, 11) is 2.01. The molecule has 0 saturated carbocycles. The topological polar surface area (TPSA) is 50.3 Å². The lowest BCUT2D eigenvalue weighted by atomic mass is 10.1. The third-order valence-electron chi connectivity index (χ3n) is 5.13. The molecule has 5 nitrogen and oxygen atoms in total. The number of aromatic nitrogens is 2. The molecular formula is C20H23N3O2. The molecule has 1 aliphatic rings. The lowest BCUT2D eigenvalue weighted by Gasteiger charge is -2.36. The van der Waals surface area contributed by atoms with Crippen molar-refractivity contribution in [3.8, 4) is 0 Å². The van der Waals surface area contributed by atoms with Crippen molar-refractivity contribution in [1.29, 1.82) is 0 Å². The number of aryl methyl sites for hydroxylation is 2. The minimum Gasteiger partial charge on any atom is -0.377 e. The van der Waals surface area contributed by atoms with Crippen molar-refractivity contribution in [3.05, 3.63) is 59.5 Å². The maximum atomic E-state index is 13.1. The number of amides is 1. The Morgan fingerprint density at radius 2 is 2.20 bits per heavy atom. The van der Waals surface area contributed by atoms with Crippen LogP contribution < -0.4 is 0 Å². The van der Waals surface area contributed by atoms with Crippen LogP contribution in [0.5, 0.6) is 0 Å². The number of carbonyl (C=O) groups excluding carboxylic acids is 1. The molecule has 130 valence electrons. The number of hydrogen-bond donors (Lipinski definition) is 1. The Hall–Kier alpha value is -2.53. The van der Waals surface area contributed by atoms with Gasteiger partial charge in [-0.25, -0.2) is 0 Å². The number of nitrogens with zero attached hydrogens (tertiary/aromatic N) is 2. The van der Waals surface area contributed by atoms with Gasteiger partial charge in [0.05, 0.1) is 25.7 Å². The van der Waals surface area contributed by atoms with Gasteiger partial charge in [-0.1, -0.05) is 18.2 Å². The zero-order chi connectivity index (χ0) is 17.4. The van der Waals surface area contributed by atoms with Gasteiger partial charge in [-0.3, -0.25) is 4.79 Å². The van der Waals surface area contributed by atoms with E-state index >= 15 is 0 Å². The summed E-state index contributed by atoms with van der Waals surface area (Å²) in [6.07, 6.45) is 4.38. The Kier molecular flexibility index (Phi) is 4.09. The number of H-pyrrole nitrogens is 1. The highest BCUT2D eigenvalue weighted by molar-refractivity contribution is 5.90. The third-order valence-corrected chi connectivity index (χ3v) is 5.13. The number of nitrogens with one attached hydrogen (secondary N) is 1. The van der Waals surface area contributed by atoms with Crippen LogP contribution in [-0.2, 0) is 23.0 Å². The Morgan fingerprint density at radius 3 is 3.00 bits per heavy atom. The van der Waals surface area contributed by atoms with Crippen LogP contribution in [0.1, 0.15) is 22.9 Å². The van der Waals surface area contributed by atoms with Crippen molar-refractivity contribution in [2.45, 2.75) is 19.4 Å². The summed E-state index contributed by atoms with van der Waals surface area (Å²) < 4.78 is 7.71. The fourth-order valence-corrected chi connectivity index (χ4v) is 3.74. The van der Waals surface area contributed by atoms with Gasteiger partial charge in [0.25, 0.3) is 0 Å². The number of ether oxygens (including phenoxy) is 1. The van der Waals surface area contributed by atoms with Crippen molar-refractivity contribution < 1.29 is 9.53 Å². The summed E-state index contributed by atoms with van der Waals surface area (Å²) in [5.41, 5.74) is 4.49. The first-order valence-electron chi connectivity index (χ1n) is 8.69. The lowest BCUT2D eigenvalue weighted by molar-refractivity contribution is -0.139. The molecule has 0 bridgehead atoms. The largest absolute Gasteiger partial charge is 0.377 e. The van der Waals surface area contributed by atoms with Gasteiger partial charge >= 0.3 is 0 Å². The Morgan fingerprint density at radius 1 is 1.32 bits per heavy atom. The highest BCUT2D eigenvalue weighted by Crippen LogP contribution is 2.27. The maximum Gasteiger partial charge on any atom is 0.227 e. The second kappa shape index (κ2) is 6.41. The van der Waals surface area contributed by atoms with E-state index in [0.717, 1.165) is 22.2 Å². The molecule has 0 radical (unpaired) electrons.